The molecule has 3 heteroatoms. The topological polar surface area (TPSA) is 46.5 Å². The Labute approximate surface area is 96.1 Å². The number of ether oxygens (including phenoxy) is 1. The van der Waals surface area contributed by atoms with Gasteiger partial charge in [0.15, 0.2) is 0 Å². The van der Waals surface area contributed by atoms with Gasteiger partial charge in [0.05, 0.1) is 7.11 Å². The van der Waals surface area contributed by atoms with Crippen LogP contribution in [0.5, 0.6) is 5.75 Å². The van der Waals surface area contributed by atoms with Crippen molar-refractivity contribution < 1.29 is 14.6 Å². The van der Waals surface area contributed by atoms with E-state index in [0.717, 1.165) is 11.3 Å². The number of carboxylic acid groups (broad SMARTS) is 1. The molecule has 1 rings (SSSR count). The third-order valence-corrected chi connectivity index (χ3v) is 2.84. The van der Waals surface area contributed by atoms with E-state index >= 15 is 0 Å². The van der Waals surface area contributed by atoms with Gasteiger partial charge in [0.1, 0.15) is 5.75 Å². The van der Waals surface area contributed by atoms with E-state index in [1.54, 1.807) is 7.11 Å². The van der Waals surface area contributed by atoms with Crippen LogP contribution in [-0.4, -0.2) is 18.2 Å². The van der Waals surface area contributed by atoms with Crippen LogP contribution in [0.3, 0.4) is 0 Å². The lowest BCUT2D eigenvalue weighted by Crippen LogP contribution is -2.18. The van der Waals surface area contributed by atoms with Gasteiger partial charge in [-0.15, -0.1) is 0 Å². The fourth-order valence-corrected chi connectivity index (χ4v) is 1.61. The summed E-state index contributed by atoms with van der Waals surface area (Å²) in [6.07, 6.45) is 0.827. The largest absolute Gasteiger partial charge is 0.497 e. The molecule has 0 saturated carbocycles. The molecule has 0 heterocycles. The quantitative estimate of drug-likeness (QED) is 0.833. The molecule has 88 valence electrons. The number of aliphatic carboxylic acids is 1. The molecule has 0 spiro atoms. The first kappa shape index (κ1) is 12.6. The van der Waals surface area contributed by atoms with Crippen LogP contribution < -0.4 is 4.74 Å². The summed E-state index contributed by atoms with van der Waals surface area (Å²) in [5, 5.41) is 8.69. The van der Waals surface area contributed by atoms with Gasteiger partial charge in [-0.3, -0.25) is 4.79 Å². The van der Waals surface area contributed by atoms with Crippen LogP contribution >= 0.6 is 0 Å². The van der Waals surface area contributed by atoms with Crippen molar-refractivity contribution in [1.29, 1.82) is 0 Å². The number of hydrogen-bond donors (Lipinski definition) is 1. The molecular formula is C13H18O3. The van der Waals surface area contributed by atoms with Crippen LogP contribution in [0.1, 0.15) is 32.3 Å². The van der Waals surface area contributed by atoms with E-state index in [1.165, 1.54) is 0 Å². The van der Waals surface area contributed by atoms with Crippen molar-refractivity contribution in [3.05, 3.63) is 29.8 Å². The maximum Gasteiger partial charge on any atom is 0.303 e. The highest BCUT2D eigenvalue weighted by Crippen LogP contribution is 2.29. The molecule has 0 aliphatic heterocycles. The standard InChI is InChI=1S/C13H18O3/c1-13(2,9-8-12(14)15)10-4-6-11(16-3)7-5-10/h4-7H,8-9H2,1-3H3,(H,14,15). The number of rotatable bonds is 5. The third-order valence-electron chi connectivity index (χ3n) is 2.84. The summed E-state index contributed by atoms with van der Waals surface area (Å²) in [6, 6.07) is 7.77. The molecule has 0 bridgehead atoms. The highest BCUT2D eigenvalue weighted by Gasteiger charge is 2.21. The summed E-state index contributed by atoms with van der Waals surface area (Å²) >= 11 is 0. The van der Waals surface area contributed by atoms with Crippen molar-refractivity contribution in [2.75, 3.05) is 7.11 Å². The SMILES string of the molecule is COc1ccc(C(C)(C)CCC(=O)O)cc1. The molecule has 0 amide bonds. The molecule has 1 aromatic rings. The van der Waals surface area contributed by atoms with E-state index in [9.17, 15) is 4.79 Å². The van der Waals surface area contributed by atoms with Crippen LogP contribution in [0.15, 0.2) is 24.3 Å². The molecule has 0 atom stereocenters. The first-order valence-corrected chi connectivity index (χ1v) is 5.32. The molecule has 3 nitrogen and oxygen atoms in total. The zero-order valence-corrected chi connectivity index (χ0v) is 9.99. The zero-order valence-electron chi connectivity index (χ0n) is 9.99. The number of methoxy groups -OCH3 is 1. The zero-order chi connectivity index (χ0) is 12.2. The molecule has 0 aromatic heterocycles. The Balaban J connectivity index is 2.76. The average Bonchev–Trinajstić information content (AvgIpc) is 2.27. The Bertz CT molecular complexity index is 352. The molecule has 0 fully saturated rings. The highest BCUT2D eigenvalue weighted by molar-refractivity contribution is 5.66. The first-order valence-electron chi connectivity index (χ1n) is 5.32. The summed E-state index contributed by atoms with van der Waals surface area (Å²) in [5.41, 5.74) is 1.01. The molecule has 1 N–H and O–H groups in total. The lowest BCUT2D eigenvalue weighted by atomic mass is 9.80. The average molecular weight is 222 g/mol. The minimum absolute atomic E-state index is 0.120. The second-order valence-electron chi connectivity index (χ2n) is 4.51. The number of benzene rings is 1. The highest BCUT2D eigenvalue weighted by atomic mass is 16.5. The van der Waals surface area contributed by atoms with Crippen molar-refractivity contribution in [3.8, 4) is 5.75 Å². The van der Waals surface area contributed by atoms with Gasteiger partial charge in [-0.2, -0.15) is 0 Å². The van der Waals surface area contributed by atoms with Crippen molar-refractivity contribution in [3.63, 3.8) is 0 Å². The van der Waals surface area contributed by atoms with Gasteiger partial charge in [-0.1, -0.05) is 26.0 Å². The lowest BCUT2D eigenvalue weighted by Gasteiger charge is -2.24. The number of hydrogen-bond acceptors (Lipinski definition) is 2. The van der Waals surface area contributed by atoms with Crippen LogP contribution in [0.4, 0.5) is 0 Å². The van der Waals surface area contributed by atoms with Gasteiger partial charge in [0.25, 0.3) is 0 Å². The van der Waals surface area contributed by atoms with Gasteiger partial charge in [-0.05, 0) is 29.5 Å². The van der Waals surface area contributed by atoms with E-state index in [0.29, 0.717) is 6.42 Å². The van der Waals surface area contributed by atoms with Crippen LogP contribution in [0.2, 0.25) is 0 Å². The van der Waals surface area contributed by atoms with E-state index in [-0.39, 0.29) is 11.8 Å². The van der Waals surface area contributed by atoms with Gasteiger partial charge in [0.2, 0.25) is 0 Å². The molecule has 0 unspecified atom stereocenters. The fraction of sp³-hybridized carbons (Fsp3) is 0.462. The molecule has 0 aliphatic rings. The predicted molar refractivity (Wildman–Crippen MR) is 62.9 cm³/mol. The second kappa shape index (κ2) is 5.01. The molecule has 16 heavy (non-hydrogen) atoms. The minimum Gasteiger partial charge on any atom is -0.497 e. The minimum atomic E-state index is -0.749. The van der Waals surface area contributed by atoms with Gasteiger partial charge in [-0.25, -0.2) is 0 Å². The van der Waals surface area contributed by atoms with Gasteiger partial charge < -0.3 is 9.84 Å². The number of carboxylic acids is 1. The van der Waals surface area contributed by atoms with Crippen LogP contribution in [-0.2, 0) is 10.2 Å². The Morgan fingerprint density at radius 1 is 1.31 bits per heavy atom. The number of carbonyl (C=O) groups is 1. The van der Waals surface area contributed by atoms with Gasteiger partial charge in [0, 0.05) is 6.42 Å². The second-order valence-corrected chi connectivity index (χ2v) is 4.51. The monoisotopic (exact) mass is 222 g/mol. The Hall–Kier alpha value is -1.51. The lowest BCUT2D eigenvalue weighted by molar-refractivity contribution is -0.137. The maximum absolute atomic E-state index is 10.6. The Morgan fingerprint density at radius 2 is 1.88 bits per heavy atom. The van der Waals surface area contributed by atoms with Crippen molar-refractivity contribution in [1.82, 2.24) is 0 Å². The summed E-state index contributed by atoms with van der Waals surface area (Å²) < 4.78 is 5.09. The predicted octanol–water partition coefficient (Wildman–Crippen LogP) is 2.84. The molecule has 0 aliphatic carbocycles. The first-order chi connectivity index (χ1) is 7.45. The third kappa shape index (κ3) is 3.26. The summed E-state index contributed by atoms with van der Waals surface area (Å²) in [6.45, 7) is 4.11. The smallest absolute Gasteiger partial charge is 0.303 e. The van der Waals surface area contributed by atoms with Crippen LogP contribution in [0.25, 0.3) is 0 Å². The maximum atomic E-state index is 10.6. The Morgan fingerprint density at radius 3 is 2.31 bits per heavy atom. The van der Waals surface area contributed by atoms with Crippen molar-refractivity contribution in [2.24, 2.45) is 0 Å². The summed E-state index contributed by atoms with van der Waals surface area (Å²) in [7, 11) is 1.63. The van der Waals surface area contributed by atoms with E-state index in [4.69, 9.17) is 9.84 Å². The molecule has 1 aromatic carbocycles. The normalized spacial score (nSPS) is 11.2. The molecule has 0 saturated heterocycles. The summed E-state index contributed by atoms with van der Waals surface area (Å²) in [4.78, 5) is 10.6. The fourth-order valence-electron chi connectivity index (χ4n) is 1.61. The van der Waals surface area contributed by atoms with Crippen molar-refractivity contribution in [2.45, 2.75) is 32.1 Å². The van der Waals surface area contributed by atoms with Crippen molar-refractivity contribution >= 4 is 5.97 Å². The van der Waals surface area contributed by atoms with E-state index in [1.807, 2.05) is 24.3 Å². The Kier molecular flexibility index (Phi) is 3.93. The van der Waals surface area contributed by atoms with Gasteiger partial charge >= 0.3 is 5.97 Å². The van der Waals surface area contributed by atoms with E-state index < -0.39 is 5.97 Å². The summed E-state index contributed by atoms with van der Waals surface area (Å²) in [5.74, 6) is 0.0689. The van der Waals surface area contributed by atoms with E-state index in [2.05, 4.69) is 13.8 Å². The molecular weight excluding hydrogens is 204 g/mol. The van der Waals surface area contributed by atoms with Crippen LogP contribution in [0, 0.1) is 0 Å². The molecule has 0 radical (unpaired) electrons.